The molecule has 2 rings (SSSR count). The number of hydrogen-bond donors (Lipinski definition) is 2. The second-order valence-corrected chi connectivity index (χ2v) is 2.52. The summed E-state index contributed by atoms with van der Waals surface area (Å²) in [4.78, 5) is 4.06. The van der Waals surface area contributed by atoms with Crippen LogP contribution in [0.4, 0.5) is 0 Å². The van der Waals surface area contributed by atoms with E-state index in [0.29, 0.717) is 0 Å². The SMILES string of the molecule is N=c1c2ccccc2ncn1N. The monoisotopic (exact) mass is 160 g/mol. The number of nitrogen functional groups attached to an aromatic ring is 1. The lowest BCUT2D eigenvalue weighted by molar-refractivity contribution is 0.867. The molecule has 0 atom stereocenters. The van der Waals surface area contributed by atoms with Gasteiger partial charge in [-0.15, -0.1) is 0 Å². The maximum absolute atomic E-state index is 7.59. The summed E-state index contributed by atoms with van der Waals surface area (Å²) in [5.41, 5.74) is 1.07. The van der Waals surface area contributed by atoms with Gasteiger partial charge in [-0.05, 0) is 12.1 Å². The van der Waals surface area contributed by atoms with E-state index in [1.807, 2.05) is 24.3 Å². The second-order valence-electron chi connectivity index (χ2n) is 2.52. The van der Waals surface area contributed by atoms with Gasteiger partial charge in [0.1, 0.15) is 6.33 Å². The molecule has 4 heteroatoms. The Labute approximate surface area is 68.8 Å². The number of para-hydroxylation sites is 1. The molecule has 3 N–H and O–H groups in total. The van der Waals surface area contributed by atoms with Crippen molar-refractivity contribution in [3.05, 3.63) is 36.1 Å². The molecular formula is C8H8N4. The summed E-state index contributed by atoms with van der Waals surface area (Å²) in [6, 6.07) is 7.43. The molecule has 0 amide bonds. The number of rotatable bonds is 0. The molecule has 0 unspecified atom stereocenters. The van der Waals surface area contributed by atoms with E-state index in [0.717, 1.165) is 10.9 Å². The van der Waals surface area contributed by atoms with E-state index in [1.165, 1.54) is 11.0 Å². The second kappa shape index (κ2) is 2.34. The predicted molar refractivity (Wildman–Crippen MR) is 45.7 cm³/mol. The maximum Gasteiger partial charge on any atom is 0.154 e. The number of nitrogens with two attached hydrogens (primary N) is 1. The first-order valence-electron chi connectivity index (χ1n) is 3.55. The molecule has 1 aromatic heterocycles. The van der Waals surface area contributed by atoms with Crippen LogP contribution in [0.2, 0.25) is 0 Å². The fourth-order valence-electron chi connectivity index (χ4n) is 1.11. The van der Waals surface area contributed by atoms with Crippen molar-refractivity contribution in [3.63, 3.8) is 0 Å². The average Bonchev–Trinajstić information content (AvgIpc) is 2.12. The lowest BCUT2D eigenvalue weighted by Gasteiger charge is -2.00. The Morgan fingerprint density at radius 1 is 1.33 bits per heavy atom. The molecule has 12 heavy (non-hydrogen) atoms. The van der Waals surface area contributed by atoms with Crippen molar-refractivity contribution >= 4 is 10.9 Å². The van der Waals surface area contributed by atoms with Crippen LogP contribution in [-0.4, -0.2) is 9.66 Å². The van der Waals surface area contributed by atoms with Gasteiger partial charge in [-0.2, -0.15) is 0 Å². The number of hydrogen-bond acceptors (Lipinski definition) is 3. The maximum atomic E-state index is 7.59. The van der Waals surface area contributed by atoms with Crippen LogP contribution in [0.5, 0.6) is 0 Å². The van der Waals surface area contributed by atoms with Gasteiger partial charge in [0, 0.05) is 5.39 Å². The van der Waals surface area contributed by atoms with Crippen LogP contribution in [0.3, 0.4) is 0 Å². The summed E-state index contributed by atoms with van der Waals surface area (Å²) in [5.74, 6) is 5.45. The number of aromatic nitrogens is 2. The summed E-state index contributed by atoms with van der Waals surface area (Å²) >= 11 is 0. The van der Waals surface area contributed by atoms with E-state index in [1.54, 1.807) is 0 Å². The third-order valence-electron chi connectivity index (χ3n) is 1.74. The third kappa shape index (κ3) is 0.852. The van der Waals surface area contributed by atoms with Gasteiger partial charge in [0.2, 0.25) is 0 Å². The number of benzene rings is 1. The van der Waals surface area contributed by atoms with Gasteiger partial charge >= 0.3 is 0 Å². The topological polar surface area (TPSA) is 67.7 Å². The Morgan fingerprint density at radius 3 is 2.92 bits per heavy atom. The first kappa shape index (κ1) is 6.84. The van der Waals surface area contributed by atoms with Crippen LogP contribution >= 0.6 is 0 Å². The fourth-order valence-corrected chi connectivity index (χ4v) is 1.11. The van der Waals surface area contributed by atoms with Crippen molar-refractivity contribution in [3.8, 4) is 0 Å². The predicted octanol–water partition coefficient (Wildman–Crippen LogP) is 0.230. The number of nitrogens with one attached hydrogen (secondary N) is 1. The highest BCUT2D eigenvalue weighted by Crippen LogP contribution is 2.02. The smallest absolute Gasteiger partial charge is 0.154 e. The number of fused-ring (bicyclic) bond motifs is 1. The number of nitrogens with zero attached hydrogens (tertiary/aromatic N) is 2. The first-order valence-corrected chi connectivity index (χ1v) is 3.55. The van der Waals surface area contributed by atoms with Gasteiger partial charge in [-0.25, -0.2) is 9.66 Å². The van der Waals surface area contributed by atoms with Crippen molar-refractivity contribution in [2.75, 3.05) is 5.84 Å². The molecular weight excluding hydrogens is 152 g/mol. The molecule has 1 heterocycles. The molecule has 0 bridgehead atoms. The van der Waals surface area contributed by atoms with Crippen LogP contribution in [0.15, 0.2) is 30.6 Å². The van der Waals surface area contributed by atoms with Crippen molar-refractivity contribution in [1.82, 2.24) is 9.66 Å². The molecule has 0 saturated carbocycles. The van der Waals surface area contributed by atoms with Gasteiger partial charge in [-0.3, -0.25) is 5.41 Å². The Kier molecular flexibility index (Phi) is 1.33. The summed E-state index contributed by atoms with van der Waals surface area (Å²) in [7, 11) is 0. The largest absolute Gasteiger partial charge is 0.336 e. The van der Waals surface area contributed by atoms with Gasteiger partial charge < -0.3 is 5.84 Å². The highest BCUT2D eigenvalue weighted by Gasteiger charge is 1.95. The van der Waals surface area contributed by atoms with Crippen molar-refractivity contribution in [2.45, 2.75) is 0 Å². The van der Waals surface area contributed by atoms with Gasteiger partial charge in [0.15, 0.2) is 5.49 Å². The van der Waals surface area contributed by atoms with E-state index in [2.05, 4.69) is 4.98 Å². The molecule has 0 radical (unpaired) electrons. The Hall–Kier alpha value is -1.84. The Morgan fingerprint density at radius 2 is 2.08 bits per heavy atom. The quantitative estimate of drug-likeness (QED) is 0.542. The molecule has 0 aliphatic heterocycles. The van der Waals surface area contributed by atoms with Gasteiger partial charge in [0.05, 0.1) is 5.52 Å². The normalized spacial score (nSPS) is 10.3. The Balaban J connectivity index is 3.01. The fraction of sp³-hybridized carbons (Fsp3) is 0. The first-order chi connectivity index (χ1) is 5.79. The highest BCUT2D eigenvalue weighted by atomic mass is 15.3. The minimum atomic E-state index is 0.278. The minimum absolute atomic E-state index is 0.278. The van der Waals surface area contributed by atoms with E-state index < -0.39 is 0 Å². The zero-order valence-electron chi connectivity index (χ0n) is 6.36. The van der Waals surface area contributed by atoms with Crippen molar-refractivity contribution < 1.29 is 0 Å². The molecule has 60 valence electrons. The van der Waals surface area contributed by atoms with E-state index >= 15 is 0 Å². The zero-order valence-corrected chi connectivity index (χ0v) is 6.36. The van der Waals surface area contributed by atoms with Crippen LogP contribution in [0.1, 0.15) is 0 Å². The lowest BCUT2D eigenvalue weighted by atomic mass is 10.2. The van der Waals surface area contributed by atoms with Crippen LogP contribution in [0, 0.1) is 5.41 Å². The van der Waals surface area contributed by atoms with Crippen molar-refractivity contribution in [1.29, 1.82) is 5.41 Å². The van der Waals surface area contributed by atoms with E-state index in [-0.39, 0.29) is 5.49 Å². The standard InChI is InChI=1S/C8H8N4/c9-8-6-3-1-2-4-7(6)11-5-12(8)10/h1-5,9H,10H2. The molecule has 0 aliphatic rings. The lowest BCUT2D eigenvalue weighted by Crippen LogP contribution is -2.27. The Bertz CT molecular complexity index is 472. The summed E-state index contributed by atoms with van der Waals surface area (Å²) in [6.45, 7) is 0. The summed E-state index contributed by atoms with van der Waals surface area (Å²) in [5, 5.41) is 8.35. The molecule has 0 saturated heterocycles. The third-order valence-corrected chi connectivity index (χ3v) is 1.74. The van der Waals surface area contributed by atoms with E-state index in [4.69, 9.17) is 11.3 Å². The van der Waals surface area contributed by atoms with Gasteiger partial charge in [-0.1, -0.05) is 12.1 Å². The molecule has 0 spiro atoms. The molecule has 1 aromatic carbocycles. The van der Waals surface area contributed by atoms with Gasteiger partial charge in [0.25, 0.3) is 0 Å². The summed E-state index contributed by atoms with van der Waals surface area (Å²) < 4.78 is 1.20. The average molecular weight is 160 g/mol. The molecule has 0 aliphatic carbocycles. The molecule has 2 aromatic rings. The zero-order chi connectivity index (χ0) is 8.55. The van der Waals surface area contributed by atoms with Crippen LogP contribution in [-0.2, 0) is 0 Å². The van der Waals surface area contributed by atoms with E-state index in [9.17, 15) is 0 Å². The van der Waals surface area contributed by atoms with Crippen molar-refractivity contribution in [2.24, 2.45) is 0 Å². The minimum Gasteiger partial charge on any atom is -0.336 e. The summed E-state index contributed by atoms with van der Waals surface area (Å²) in [6.07, 6.45) is 1.44. The molecule has 0 fully saturated rings. The highest BCUT2D eigenvalue weighted by molar-refractivity contribution is 5.76. The van der Waals surface area contributed by atoms with Crippen LogP contribution in [0.25, 0.3) is 10.9 Å². The molecule has 4 nitrogen and oxygen atoms in total. The van der Waals surface area contributed by atoms with Crippen LogP contribution < -0.4 is 11.3 Å².